The highest BCUT2D eigenvalue weighted by molar-refractivity contribution is 6.00. The van der Waals surface area contributed by atoms with Gasteiger partial charge in [0.1, 0.15) is 0 Å². The molecule has 0 atom stereocenters. The highest BCUT2D eigenvalue weighted by Crippen LogP contribution is 2.27. The van der Waals surface area contributed by atoms with Crippen LogP contribution in [0.2, 0.25) is 0 Å². The fourth-order valence-electron chi connectivity index (χ4n) is 3.28. The third kappa shape index (κ3) is 3.25. The van der Waals surface area contributed by atoms with E-state index in [4.69, 9.17) is 4.52 Å². The van der Waals surface area contributed by atoms with Gasteiger partial charge in [0.2, 0.25) is 5.82 Å². The number of hydrogen-bond acceptors (Lipinski definition) is 4. The van der Waals surface area contributed by atoms with Crippen molar-refractivity contribution in [2.75, 3.05) is 13.1 Å². The molecule has 2 aromatic carbocycles. The maximum atomic E-state index is 13.0. The number of nitrogens with zero attached hydrogens (tertiary/aromatic N) is 3. The van der Waals surface area contributed by atoms with Gasteiger partial charge in [-0.2, -0.15) is 4.98 Å². The molecule has 0 N–H and O–H groups in total. The second-order valence-corrected chi connectivity index (χ2v) is 6.81. The van der Waals surface area contributed by atoms with Gasteiger partial charge < -0.3 is 9.42 Å². The van der Waals surface area contributed by atoms with Crippen LogP contribution in [-0.2, 0) is 0 Å². The number of likely N-dealkylation sites (tertiary alicyclic amines) is 1. The Balaban J connectivity index is 1.64. The number of piperidine rings is 1. The van der Waals surface area contributed by atoms with Crippen molar-refractivity contribution in [3.05, 3.63) is 60.2 Å². The summed E-state index contributed by atoms with van der Waals surface area (Å²) in [5.74, 6) is 1.61. The van der Waals surface area contributed by atoms with Gasteiger partial charge in [0, 0.05) is 18.7 Å². The average Bonchev–Trinajstić information content (AvgIpc) is 3.19. The smallest absolute Gasteiger partial charge is 0.259 e. The Morgan fingerprint density at radius 3 is 2.50 bits per heavy atom. The van der Waals surface area contributed by atoms with E-state index >= 15 is 0 Å². The number of aromatic nitrogens is 2. The number of carbonyl (C=O) groups excluding carboxylic acids is 1. The number of carbonyl (C=O) groups is 1. The molecule has 1 aliphatic heterocycles. The van der Waals surface area contributed by atoms with Gasteiger partial charge in [0.15, 0.2) is 0 Å². The van der Waals surface area contributed by atoms with Crippen molar-refractivity contribution in [2.24, 2.45) is 5.92 Å². The molecule has 1 saturated heterocycles. The third-order valence-electron chi connectivity index (χ3n) is 4.92. The summed E-state index contributed by atoms with van der Waals surface area (Å²) in [4.78, 5) is 19.4. The second-order valence-electron chi connectivity index (χ2n) is 6.81. The summed E-state index contributed by atoms with van der Waals surface area (Å²) in [6.45, 7) is 3.83. The molecule has 5 nitrogen and oxygen atoms in total. The van der Waals surface area contributed by atoms with Gasteiger partial charge in [-0.25, -0.2) is 0 Å². The lowest BCUT2D eigenvalue weighted by molar-refractivity contribution is 0.0697. The van der Waals surface area contributed by atoms with Crippen LogP contribution in [0.15, 0.2) is 59.1 Å². The first-order valence-electron chi connectivity index (χ1n) is 9.00. The fourth-order valence-corrected chi connectivity index (χ4v) is 3.28. The summed E-state index contributed by atoms with van der Waals surface area (Å²) in [7, 11) is 0. The molecule has 3 aromatic rings. The predicted molar refractivity (Wildman–Crippen MR) is 99.5 cm³/mol. The molecular weight excluding hydrogens is 326 g/mol. The lowest BCUT2D eigenvalue weighted by Crippen LogP contribution is -2.38. The number of hydrogen-bond donors (Lipinski definition) is 0. The SMILES string of the molecule is CC1CCN(C(=O)c2ccccc2-c2nc(-c3ccccc3)no2)CC1. The normalized spacial score (nSPS) is 15.2. The number of amides is 1. The quantitative estimate of drug-likeness (QED) is 0.710. The molecule has 5 heteroatoms. The minimum atomic E-state index is 0.0342. The van der Waals surface area contributed by atoms with E-state index in [2.05, 4.69) is 17.1 Å². The molecule has 0 aliphatic carbocycles. The monoisotopic (exact) mass is 347 g/mol. The van der Waals surface area contributed by atoms with Gasteiger partial charge in [-0.3, -0.25) is 4.79 Å². The third-order valence-corrected chi connectivity index (χ3v) is 4.92. The summed E-state index contributed by atoms with van der Waals surface area (Å²) in [5.41, 5.74) is 2.19. The Kier molecular flexibility index (Phi) is 4.52. The fraction of sp³-hybridized carbons (Fsp3) is 0.286. The zero-order chi connectivity index (χ0) is 17.9. The van der Waals surface area contributed by atoms with Crippen LogP contribution >= 0.6 is 0 Å². The van der Waals surface area contributed by atoms with Gasteiger partial charge in [-0.1, -0.05) is 54.5 Å². The second kappa shape index (κ2) is 7.12. The first-order valence-corrected chi connectivity index (χ1v) is 9.00. The molecule has 4 rings (SSSR count). The van der Waals surface area contributed by atoms with E-state index in [9.17, 15) is 4.79 Å². The van der Waals surface area contributed by atoms with Gasteiger partial charge in [-0.15, -0.1) is 0 Å². The Hall–Kier alpha value is -2.95. The first-order chi connectivity index (χ1) is 12.7. The van der Waals surface area contributed by atoms with Crippen LogP contribution in [-0.4, -0.2) is 34.0 Å². The molecule has 132 valence electrons. The molecule has 0 bridgehead atoms. The van der Waals surface area contributed by atoms with E-state index in [1.165, 1.54) is 0 Å². The molecule has 1 amide bonds. The first kappa shape index (κ1) is 16.5. The van der Waals surface area contributed by atoms with E-state index in [0.29, 0.717) is 28.8 Å². The summed E-state index contributed by atoms with van der Waals surface area (Å²) in [6, 6.07) is 17.1. The van der Waals surface area contributed by atoms with Crippen LogP contribution in [0, 0.1) is 5.92 Å². The molecule has 1 aliphatic rings. The largest absolute Gasteiger partial charge is 0.339 e. The molecular formula is C21H21N3O2. The van der Waals surface area contributed by atoms with E-state index in [1.54, 1.807) is 0 Å². The summed E-state index contributed by atoms with van der Waals surface area (Å²) in [6.07, 6.45) is 2.10. The maximum absolute atomic E-state index is 13.0. The highest BCUT2D eigenvalue weighted by atomic mass is 16.5. The van der Waals surface area contributed by atoms with E-state index < -0.39 is 0 Å². The molecule has 1 aromatic heterocycles. The van der Waals surface area contributed by atoms with Crippen LogP contribution in [0.1, 0.15) is 30.1 Å². The molecule has 0 saturated carbocycles. The van der Waals surface area contributed by atoms with E-state index in [-0.39, 0.29) is 5.91 Å². The van der Waals surface area contributed by atoms with Crippen molar-refractivity contribution in [1.82, 2.24) is 15.0 Å². The Morgan fingerprint density at radius 2 is 1.73 bits per heavy atom. The lowest BCUT2D eigenvalue weighted by Gasteiger charge is -2.30. The average molecular weight is 347 g/mol. The standard InChI is InChI=1S/C21H21N3O2/c1-15-11-13-24(14-12-15)21(25)18-10-6-5-9-17(18)20-22-19(23-26-20)16-7-3-2-4-8-16/h2-10,15H,11-14H2,1H3. The van der Waals surface area contributed by atoms with Crippen molar-refractivity contribution in [1.29, 1.82) is 0 Å². The molecule has 0 radical (unpaired) electrons. The Morgan fingerprint density at radius 1 is 1.04 bits per heavy atom. The van der Waals surface area contributed by atoms with Gasteiger partial charge in [-0.05, 0) is 30.9 Å². The zero-order valence-electron chi connectivity index (χ0n) is 14.8. The predicted octanol–water partition coefficient (Wildman–Crippen LogP) is 4.28. The minimum Gasteiger partial charge on any atom is -0.339 e. The van der Waals surface area contributed by atoms with Crippen LogP contribution < -0.4 is 0 Å². The van der Waals surface area contributed by atoms with Gasteiger partial charge in [0.05, 0.1) is 11.1 Å². The number of benzene rings is 2. The molecule has 0 unspecified atom stereocenters. The summed E-state index contributed by atoms with van der Waals surface area (Å²) in [5, 5.41) is 4.07. The van der Waals surface area contributed by atoms with Crippen molar-refractivity contribution in [2.45, 2.75) is 19.8 Å². The van der Waals surface area contributed by atoms with Crippen molar-refractivity contribution in [3.63, 3.8) is 0 Å². The molecule has 26 heavy (non-hydrogen) atoms. The van der Waals surface area contributed by atoms with Gasteiger partial charge in [0.25, 0.3) is 11.8 Å². The number of rotatable bonds is 3. The minimum absolute atomic E-state index is 0.0342. The van der Waals surface area contributed by atoms with Crippen LogP contribution in [0.4, 0.5) is 0 Å². The maximum Gasteiger partial charge on any atom is 0.259 e. The topological polar surface area (TPSA) is 59.2 Å². The van der Waals surface area contributed by atoms with Crippen molar-refractivity contribution in [3.8, 4) is 22.8 Å². The van der Waals surface area contributed by atoms with Crippen molar-refractivity contribution >= 4 is 5.91 Å². The van der Waals surface area contributed by atoms with Crippen molar-refractivity contribution < 1.29 is 9.32 Å². The zero-order valence-corrected chi connectivity index (χ0v) is 14.8. The molecule has 1 fully saturated rings. The van der Waals surface area contributed by atoms with Gasteiger partial charge >= 0.3 is 0 Å². The summed E-state index contributed by atoms with van der Waals surface area (Å²) < 4.78 is 5.47. The van der Waals surface area contributed by atoms with E-state index in [0.717, 1.165) is 31.5 Å². The van der Waals surface area contributed by atoms with Crippen LogP contribution in [0.5, 0.6) is 0 Å². The summed E-state index contributed by atoms with van der Waals surface area (Å²) >= 11 is 0. The van der Waals surface area contributed by atoms with Crippen LogP contribution in [0.3, 0.4) is 0 Å². The Bertz CT molecular complexity index is 896. The Labute approximate surface area is 152 Å². The van der Waals surface area contributed by atoms with E-state index in [1.807, 2.05) is 59.5 Å². The van der Waals surface area contributed by atoms with Crippen LogP contribution in [0.25, 0.3) is 22.8 Å². The molecule has 2 heterocycles. The molecule has 0 spiro atoms. The lowest BCUT2D eigenvalue weighted by atomic mass is 9.98. The highest BCUT2D eigenvalue weighted by Gasteiger charge is 2.25.